The van der Waals surface area contributed by atoms with E-state index in [4.69, 9.17) is 0 Å². The van der Waals surface area contributed by atoms with E-state index in [1.807, 2.05) is 0 Å². The van der Waals surface area contributed by atoms with Crippen LogP contribution in [0.5, 0.6) is 0 Å². The van der Waals surface area contributed by atoms with Crippen LogP contribution in [0.3, 0.4) is 0 Å². The number of likely N-dealkylation sites (N-methyl/N-ethyl adjacent to an activating group) is 1. The van der Waals surface area contributed by atoms with Gasteiger partial charge in [-0.2, -0.15) is 0 Å². The average Bonchev–Trinajstić information content (AvgIpc) is 2.98. The minimum absolute atomic E-state index is 0.741. The van der Waals surface area contributed by atoms with Crippen LogP contribution in [-0.2, 0) is 0 Å². The van der Waals surface area contributed by atoms with Gasteiger partial charge >= 0.3 is 0 Å². The molecule has 1 N–H and O–H groups in total. The second-order valence-corrected chi connectivity index (χ2v) is 5.22. The summed E-state index contributed by atoms with van der Waals surface area (Å²) in [7, 11) is 2.22. The van der Waals surface area contributed by atoms with Gasteiger partial charge in [0.25, 0.3) is 0 Å². The van der Waals surface area contributed by atoms with Crippen LogP contribution in [0.1, 0.15) is 32.1 Å². The Balaban J connectivity index is 1.75. The van der Waals surface area contributed by atoms with Crippen LogP contribution in [0.25, 0.3) is 0 Å². The van der Waals surface area contributed by atoms with Gasteiger partial charge in [-0.15, -0.1) is 6.58 Å². The minimum Gasteiger partial charge on any atom is -0.310 e. The van der Waals surface area contributed by atoms with Crippen LogP contribution in [0.4, 0.5) is 0 Å². The summed E-state index contributed by atoms with van der Waals surface area (Å²) in [5.41, 5.74) is 0. The fraction of sp³-hybridized carbons (Fsp3) is 0.846. The van der Waals surface area contributed by atoms with Gasteiger partial charge in [0, 0.05) is 18.6 Å². The summed E-state index contributed by atoms with van der Waals surface area (Å²) in [6.07, 6.45) is 8.71. The quantitative estimate of drug-likeness (QED) is 0.672. The van der Waals surface area contributed by atoms with Crippen molar-refractivity contribution in [1.82, 2.24) is 10.2 Å². The van der Waals surface area contributed by atoms with Crippen molar-refractivity contribution in [2.45, 2.75) is 44.2 Å². The van der Waals surface area contributed by atoms with Crippen LogP contribution in [0, 0.1) is 5.92 Å². The highest BCUT2D eigenvalue weighted by Crippen LogP contribution is 2.35. The lowest BCUT2D eigenvalue weighted by Crippen LogP contribution is -2.40. The second kappa shape index (κ2) is 5.13. The third-order valence-electron chi connectivity index (χ3n) is 3.71. The Morgan fingerprint density at radius 1 is 1.47 bits per heavy atom. The molecule has 0 aromatic heterocycles. The Kier molecular flexibility index (Phi) is 3.81. The molecule has 15 heavy (non-hydrogen) atoms. The van der Waals surface area contributed by atoms with Gasteiger partial charge in [0.1, 0.15) is 0 Å². The minimum atomic E-state index is 0.741. The van der Waals surface area contributed by atoms with Crippen molar-refractivity contribution in [2.75, 3.05) is 20.1 Å². The zero-order valence-corrected chi connectivity index (χ0v) is 9.91. The van der Waals surface area contributed by atoms with E-state index in [-0.39, 0.29) is 0 Å². The summed E-state index contributed by atoms with van der Waals surface area (Å²) >= 11 is 0. The summed E-state index contributed by atoms with van der Waals surface area (Å²) in [5.74, 6) is 0.968. The van der Waals surface area contributed by atoms with E-state index >= 15 is 0 Å². The van der Waals surface area contributed by atoms with E-state index in [9.17, 15) is 0 Å². The molecule has 2 fully saturated rings. The molecule has 2 rings (SSSR count). The van der Waals surface area contributed by atoms with Gasteiger partial charge in [0.2, 0.25) is 0 Å². The first-order valence-electron chi connectivity index (χ1n) is 6.35. The van der Waals surface area contributed by atoms with Gasteiger partial charge in [-0.3, -0.25) is 0 Å². The van der Waals surface area contributed by atoms with Gasteiger partial charge < -0.3 is 10.2 Å². The lowest BCUT2D eigenvalue weighted by atomic mass is 10.0. The molecule has 2 aliphatic rings. The van der Waals surface area contributed by atoms with Gasteiger partial charge in [-0.05, 0) is 51.6 Å². The summed E-state index contributed by atoms with van der Waals surface area (Å²) in [6, 6.07) is 1.50. The zero-order valence-electron chi connectivity index (χ0n) is 9.91. The van der Waals surface area contributed by atoms with Crippen LogP contribution < -0.4 is 5.32 Å². The number of allylic oxidation sites excluding steroid dienone is 1. The Morgan fingerprint density at radius 2 is 2.27 bits per heavy atom. The largest absolute Gasteiger partial charge is 0.310 e. The third kappa shape index (κ3) is 3.32. The summed E-state index contributed by atoms with van der Waals surface area (Å²) in [4.78, 5) is 2.43. The lowest BCUT2D eigenvalue weighted by molar-refractivity contribution is 0.356. The van der Waals surface area contributed by atoms with E-state index in [2.05, 4.69) is 29.9 Å². The molecule has 0 amide bonds. The van der Waals surface area contributed by atoms with Crippen molar-refractivity contribution < 1.29 is 0 Å². The van der Waals surface area contributed by atoms with E-state index in [0.29, 0.717) is 0 Å². The highest BCUT2D eigenvalue weighted by Gasteiger charge is 2.32. The van der Waals surface area contributed by atoms with Crippen molar-refractivity contribution in [3.05, 3.63) is 12.7 Å². The maximum Gasteiger partial charge on any atom is 0.0209 e. The number of rotatable bonds is 6. The van der Waals surface area contributed by atoms with Gasteiger partial charge in [0.15, 0.2) is 0 Å². The molecule has 0 bridgehead atoms. The van der Waals surface area contributed by atoms with E-state index < -0.39 is 0 Å². The Hall–Kier alpha value is -0.340. The molecular weight excluding hydrogens is 184 g/mol. The molecule has 2 unspecified atom stereocenters. The smallest absolute Gasteiger partial charge is 0.0209 e. The van der Waals surface area contributed by atoms with Crippen LogP contribution >= 0.6 is 0 Å². The van der Waals surface area contributed by atoms with Crippen molar-refractivity contribution in [3.8, 4) is 0 Å². The number of likely N-dealkylation sites (tertiary alicyclic amines) is 1. The van der Waals surface area contributed by atoms with Crippen molar-refractivity contribution in [1.29, 1.82) is 0 Å². The molecule has 1 saturated carbocycles. The second-order valence-electron chi connectivity index (χ2n) is 5.22. The highest BCUT2D eigenvalue weighted by atomic mass is 15.2. The Labute approximate surface area is 93.7 Å². The lowest BCUT2D eigenvalue weighted by Gasteiger charge is -2.22. The summed E-state index contributed by atoms with van der Waals surface area (Å²) in [5, 5.41) is 3.85. The predicted octanol–water partition coefficient (Wildman–Crippen LogP) is 2.02. The fourth-order valence-corrected chi connectivity index (χ4v) is 2.62. The summed E-state index contributed by atoms with van der Waals surface area (Å²) in [6.45, 7) is 6.31. The van der Waals surface area contributed by atoms with Crippen molar-refractivity contribution in [3.63, 3.8) is 0 Å². The highest BCUT2D eigenvalue weighted by molar-refractivity contribution is 4.91. The van der Waals surface area contributed by atoms with Gasteiger partial charge in [-0.25, -0.2) is 0 Å². The standard InChI is InChI=1S/C13H24N2/c1-3-4-5-13(11-6-7-11)14-12-8-9-15(2)10-12/h3,11-14H,1,4-10H2,2H3. The maximum atomic E-state index is 3.85. The van der Waals surface area contributed by atoms with Crippen molar-refractivity contribution in [2.24, 2.45) is 5.92 Å². The SMILES string of the molecule is C=CCCC(NC1CCN(C)C1)C1CC1. The molecule has 0 spiro atoms. The maximum absolute atomic E-state index is 3.85. The molecule has 0 aromatic carbocycles. The fourth-order valence-electron chi connectivity index (χ4n) is 2.62. The Bertz CT molecular complexity index is 211. The molecule has 1 saturated heterocycles. The zero-order chi connectivity index (χ0) is 10.7. The molecule has 0 aromatic rings. The third-order valence-corrected chi connectivity index (χ3v) is 3.71. The van der Waals surface area contributed by atoms with Crippen molar-refractivity contribution >= 4 is 0 Å². The molecule has 2 nitrogen and oxygen atoms in total. The molecule has 1 aliphatic carbocycles. The van der Waals surface area contributed by atoms with Crippen LogP contribution in [0.2, 0.25) is 0 Å². The first kappa shape index (κ1) is 11.2. The van der Waals surface area contributed by atoms with Crippen LogP contribution in [-0.4, -0.2) is 37.1 Å². The molecule has 0 radical (unpaired) electrons. The van der Waals surface area contributed by atoms with E-state index in [0.717, 1.165) is 24.4 Å². The Morgan fingerprint density at radius 3 is 2.80 bits per heavy atom. The van der Waals surface area contributed by atoms with Gasteiger partial charge in [0.05, 0.1) is 0 Å². The number of nitrogens with one attached hydrogen (secondary N) is 1. The first-order chi connectivity index (χ1) is 7.29. The van der Waals surface area contributed by atoms with E-state index in [1.54, 1.807) is 0 Å². The van der Waals surface area contributed by atoms with Gasteiger partial charge in [-0.1, -0.05) is 6.08 Å². The number of hydrogen-bond acceptors (Lipinski definition) is 2. The molecule has 2 heteroatoms. The monoisotopic (exact) mass is 208 g/mol. The molecular formula is C13H24N2. The molecule has 1 aliphatic heterocycles. The first-order valence-corrected chi connectivity index (χ1v) is 6.35. The number of nitrogens with zero attached hydrogens (tertiary/aromatic N) is 1. The van der Waals surface area contributed by atoms with Crippen LogP contribution in [0.15, 0.2) is 12.7 Å². The summed E-state index contributed by atoms with van der Waals surface area (Å²) < 4.78 is 0. The average molecular weight is 208 g/mol. The number of hydrogen-bond donors (Lipinski definition) is 1. The molecule has 2 atom stereocenters. The molecule has 1 heterocycles. The van der Waals surface area contributed by atoms with E-state index in [1.165, 1.54) is 38.8 Å². The molecule has 86 valence electrons. The predicted molar refractivity (Wildman–Crippen MR) is 65.0 cm³/mol. The normalized spacial score (nSPS) is 29.3. The topological polar surface area (TPSA) is 15.3 Å².